The van der Waals surface area contributed by atoms with Crippen LogP contribution in [0.5, 0.6) is 0 Å². The third-order valence-corrected chi connectivity index (χ3v) is 5.03. The minimum absolute atomic E-state index is 0.00871. The number of likely N-dealkylation sites (N-methyl/N-ethyl adjacent to an activating group) is 1. The van der Waals surface area contributed by atoms with E-state index in [1.165, 1.54) is 0 Å². The van der Waals surface area contributed by atoms with E-state index >= 15 is 0 Å². The number of likely N-dealkylation sites (tertiary alicyclic amines) is 1. The molecule has 6 nitrogen and oxygen atoms in total. The second-order valence-corrected chi connectivity index (χ2v) is 6.99. The summed E-state index contributed by atoms with van der Waals surface area (Å²) in [6.45, 7) is 1.49. The van der Waals surface area contributed by atoms with Gasteiger partial charge in [0.25, 0.3) is 11.8 Å². The van der Waals surface area contributed by atoms with E-state index in [2.05, 4.69) is 29.1 Å². The van der Waals surface area contributed by atoms with E-state index in [9.17, 15) is 4.79 Å². The summed E-state index contributed by atoms with van der Waals surface area (Å²) < 4.78 is 5.48. The van der Waals surface area contributed by atoms with Gasteiger partial charge in [-0.05, 0) is 32.6 Å². The predicted molar refractivity (Wildman–Crippen MR) is 103 cm³/mol. The molecule has 1 aromatic heterocycles. The maximum Gasteiger partial charge on any atom is 0.259 e. The third kappa shape index (κ3) is 3.48. The minimum Gasteiger partial charge on any atom is -0.337 e. The minimum atomic E-state index is 0.00871. The normalized spacial score (nSPS) is 16.9. The molecule has 0 bridgehead atoms. The van der Waals surface area contributed by atoms with Crippen molar-refractivity contribution >= 4 is 5.91 Å². The number of benzene rings is 2. The Morgan fingerprint density at radius 1 is 1.11 bits per heavy atom. The molecule has 0 aliphatic carbocycles. The van der Waals surface area contributed by atoms with Gasteiger partial charge in [0.15, 0.2) is 0 Å². The van der Waals surface area contributed by atoms with Gasteiger partial charge in [-0.1, -0.05) is 47.6 Å². The molecule has 3 aromatic rings. The molecule has 1 aliphatic rings. The fourth-order valence-corrected chi connectivity index (χ4v) is 3.41. The van der Waals surface area contributed by atoms with Gasteiger partial charge in [-0.2, -0.15) is 4.98 Å². The standard InChI is InChI=1S/C21H22N4O2/c1-24(2)16-12-13-25(14-16)21(26)18-11-7-6-10-17(18)20-22-19(23-27-20)15-8-4-3-5-9-15/h3-11,16H,12-14H2,1-2H3/t16-/m0/s1. The van der Waals surface area contributed by atoms with Gasteiger partial charge in [0.2, 0.25) is 5.82 Å². The summed E-state index contributed by atoms with van der Waals surface area (Å²) in [7, 11) is 4.10. The molecule has 2 aromatic carbocycles. The number of amides is 1. The van der Waals surface area contributed by atoms with Crippen molar-refractivity contribution in [3.05, 3.63) is 60.2 Å². The van der Waals surface area contributed by atoms with Crippen molar-refractivity contribution in [2.75, 3.05) is 27.2 Å². The lowest BCUT2D eigenvalue weighted by molar-refractivity contribution is 0.0783. The highest BCUT2D eigenvalue weighted by atomic mass is 16.5. The largest absolute Gasteiger partial charge is 0.337 e. The van der Waals surface area contributed by atoms with Crippen LogP contribution in [-0.4, -0.2) is 59.1 Å². The van der Waals surface area contributed by atoms with Crippen LogP contribution in [0.4, 0.5) is 0 Å². The van der Waals surface area contributed by atoms with Gasteiger partial charge in [0, 0.05) is 24.7 Å². The highest BCUT2D eigenvalue weighted by molar-refractivity contribution is 6.00. The van der Waals surface area contributed by atoms with Crippen LogP contribution in [0, 0.1) is 0 Å². The summed E-state index contributed by atoms with van der Waals surface area (Å²) in [5, 5.41) is 4.08. The Balaban J connectivity index is 1.63. The van der Waals surface area contributed by atoms with E-state index in [1.807, 2.05) is 59.5 Å². The SMILES string of the molecule is CN(C)[C@H]1CCN(C(=O)c2ccccc2-c2nc(-c3ccccc3)no2)C1. The quantitative estimate of drug-likeness (QED) is 0.713. The Bertz CT molecular complexity index is 936. The Kier molecular flexibility index (Phi) is 4.73. The van der Waals surface area contributed by atoms with E-state index < -0.39 is 0 Å². The zero-order valence-electron chi connectivity index (χ0n) is 15.5. The Morgan fingerprint density at radius 3 is 2.59 bits per heavy atom. The van der Waals surface area contributed by atoms with Crippen LogP contribution in [0.2, 0.25) is 0 Å². The van der Waals surface area contributed by atoms with Crippen molar-refractivity contribution in [2.45, 2.75) is 12.5 Å². The monoisotopic (exact) mass is 362 g/mol. The molecule has 0 saturated carbocycles. The van der Waals surface area contributed by atoms with Crippen LogP contribution in [0.15, 0.2) is 59.1 Å². The topological polar surface area (TPSA) is 62.5 Å². The third-order valence-electron chi connectivity index (χ3n) is 5.03. The molecular weight excluding hydrogens is 340 g/mol. The summed E-state index contributed by atoms with van der Waals surface area (Å²) >= 11 is 0. The molecule has 1 atom stereocenters. The van der Waals surface area contributed by atoms with E-state index in [-0.39, 0.29) is 5.91 Å². The average molecular weight is 362 g/mol. The van der Waals surface area contributed by atoms with Crippen LogP contribution in [-0.2, 0) is 0 Å². The molecule has 1 fully saturated rings. The van der Waals surface area contributed by atoms with Crippen LogP contribution < -0.4 is 0 Å². The Labute approximate surface area is 158 Å². The molecule has 27 heavy (non-hydrogen) atoms. The number of aromatic nitrogens is 2. The van der Waals surface area contributed by atoms with E-state index in [4.69, 9.17) is 4.52 Å². The maximum atomic E-state index is 13.1. The lowest BCUT2D eigenvalue weighted by atomic mass is 10.1. The molecule has 0 N–H and O–H groups in total. The molecule has 6 heteroatoms. The molecule has 2 heterocycles. The lowest BCUT2D eigenvalue weighted by Gasteiger charge is -2.21. The zero-order chi connectivity index (χ0) is 18.8. The number of nitrogens with zero attached hydrogens (tertiary/aromatic N) is 4. The number of hydrogen-bond donors (Lipinski definition) is 0. The first kappa shape index (κ1) is 17.4. The molecule has 0 spiro atoms. The van der Waals surface area contributed by atoms with Gasteiger partial charge in [-0.25, -0.2) is 0 Å². The molecule has 1 amide bonds. The molecule has 138 valence electrons. The van der Waals surface area contributed by atoms with Crippen LogP contribution in [0.1, 0.15) is 16.8 Å². The van der Waals surface area contributed by atoms with E-state index in [0.29, 0.717) is 28.9 Å². The number of carbonyl (C=O) groups excluding carboxylic acids is 1. The molecule has 4 rings (SSSR count). The van der Waals surface area contributed by atoms with Crippen molar-refractivity contribution in [3.8, 4) is 22.8 Å². The van der Waals surface area contributed by atoms with Crippen LogP contribution >= 0.6 is 0 Å². The first-order chi connectivity index (χ1) is 13.1. The van der Waals surface area contributed by atoms with Gasteiger partial charge in [-0.15, -0.1) is 0 Å². The highest BCUT2D eigenvalue weighted by Gasteiger charge is 2.30. The van der Waals surface area contributed by atoms with Gasteiger partial charge < -0.3 is 14.3 Å². The Morgan fingerprint density at radius 2 is 1.85 bits per heavy atom. The fourth-order valence-electron chi connectivity index (χ4n) is 3.41. The smallest absolute Gasteiger partial charge is 0.259 e. The number of hydrogen-bond acceptors (Lipinski definition) is 5. The fraction of sp³-hybridized carbons (Fsp3) is 0.286. The maximum absolute atomic E-state index is 13.1. The van der Waals surface area contributed by atoms with Crippen molar-refractivity contribution in [2.24, 2.45) is 0 Å². The van der Waals surface area contributed by atoms with Crippen molar-refractivity contribution in [1.82, 2.24) is 19.9 Å². The van der Waals surface area contributed by atoms with Crippen molar-refractivity contribution in [1.29, 1.82) is 0 Å². The first-order valence-corrected chi connectivity index (χ1v) is 9.07. The second-order valence-electron chi connectivity index (χ2n) is 6.99. The van der Waals surface area contributed by atoms with Gasteiger partial charge in [-0.3, -0.25) is 4.79 Å². The molecule has 0 radical (unpaired) electrons. The number of rotatable bonds is 4. The van der Waals surface area contributed by atoms with Crippen molar-refractivity contribution in [3.63, 3.8) is 0 Å². The highest BCUT2D eigenvalue weighted by Crippen LogP contribution is 2.27. The predicted octanol–water partition coefficient (Wildman–Crippen LogP) is 3.18. The van der Waals surface area contributed by atoms with Crippen LogP contribution in [0.3, 0.4) is 0 Å². The summed E-state index contributed by atoms with van der Waals surface area (Å²) in [6, 6.07) is 17.5. The molecule has 1 saturated heterocycles. The first-order valence-electron chi connectivity index (χ1n) is 9.07. The van der Waals surface area contributed by atoms with E-state index in [0.717, 1.165) is 25.1 Å². The van der Waals surface area contributed by atoms with Crippen LogP contribution in [0.25, 0.3) is 22.8 Å². The van der Waals surface area contributed by atoms with E-state index in [1.54, 1.807) is 0 Å². The van der Waals surface area contributed by atoms with Gasteiger partial charge >= 0.3 is 0 Å². The van der Waals surface area contributed by atoms with Crippen molar-refractivity contribution < 1.29 is 9.32 Å². The summed E-state index contributed by atoms with van der Waals surface area (Å²) in [6.07, 6.45) is 0.986. The molecular formula is C21H22N4O2. The van der Waals surface area contributed by atoms with Gasteiger partial charge in [0.05, 0.1) is 11.1 Å². The Hall–Kier alpha value is -2.99. The van der Waals surface area contributed by atoms with Gasteiger partial charge in [0.1, 0.15) is 0 Å². The summed E-state index contributed by atoms with van der Waals surface area (Å²) in [4.78, 5) is 21.7. The summed E-state index contributed by atoms with van der Waals surface area (Å²) in [5.41, 5.74) is 2.15. The number of carbonyl (C=O) groups is 1. The second kappa shape index (κ2) is 7.32. The molecule has 0 unspecified atom stereocenters. The summed E-state index contributed by atoms with van der Waals surface area (Å²) in [5.74, 6) is 0.886. The average Bonchev–Trinajstić information content (AvgIpc) is 3.38. The lowest BCUT2D eigenvalue weighted by Crippen LogP contribution is -2.34. The molecule has 1 aliphatic heterocycles. The zero-order valence-corrected chi connectivity index (χ0v) is 15.5.